The van der Waals surface area contributed by atoms with Crippen LogP contribution in [0.2, 0.25) is 0 Å². The monoisotopic (exact) mass is 413 g/mol. The molecule has 0 aliphatic carbocycles. The Hall–Kier alpha value is -3.93. The van der Waals surface area contributed by atoms with Gasteiger partial charge in [0.05, 0.1) is 22.9 Å². The van der Waals surface area contributed by atoms with Crippen molar-refractivity contribution in [1.82, 2.24) is 9.97 Å². The number of amides is 1. The van der Waals surface area contributed by atoms with Gasteiger partial charge >= 0.3 is 0 Å². The molecule has 3 aromatic carbocycles. The number of rotatable bonds is 2. The summed E-state index contributed by atoms with van der Waals surface area (Å²) in [6.45, 7) is 2.57. The molecule has 0 saturated carbocycles. The van der Waals surface area contributed by atoms with Gasteiger partial charge in [0.2, 0.25) is 6.41 Å². The van der Waals surface area contributed by atoms with Crippen molar-refractivity contribution in [3.8, 4) is 22.8 Å². The van der Waals surface area contributed by atoms with Gasteiger partial charge < -0.3 is 15.1 Å². The fourth-order valence-corrected chi connectivity index (χ4v) is 3.59. The molecule has 0 spiro atoms. The maximum Gasteiger partial charge on any atom is 0.214 e. The second-order valence-electron chi connectivity index (χ2n) is 7.46. The Kier molecular flexibility index (Phi) is 5.80. The van der Waals surface area contributed by atoms with Crippen molar-refractivity contribution < 1.29 is 15.0 Å². The smallest absolute Gasteiger partial charge is 0.214 e. The van der Waals surface area contributed by atoms with Crippen molar-refractivity contribution in [1.29, 1.82) is 0 Å². The lowest BCUT2D eigenvalue weighted by Crippen LogP contribution is -2.27. The minimum atomic E-state index is 0.0955. The summed E-state index contributed by atoms with van der Waals surface area (Å²) in [4.78, 5) is 22.1. The molecular weight excluding hydrogens is 390 g/mol. The Labute approximate surface area is 180 Å². The Bertz CT molecular complexity index is 1240. The fraction of sp³-hybridized carbons (Fsp3) is 0.160. The van der Waals surface area contributed by atoms with Crippen molar-refractivity contribution in [2.45, 2.75) is 19.8 Å². The molecule has 2 heterocycles. The highest BCUT2D eigenvalue weighted by Crippen LogP contribution is 2.30. The molecule has 1 aromatic heterocycles. The standard InChI is InChI=1S/C18H15N3O.C7H8O2/c22-12-21-9-3-4-14-10-13(7-8-18(14)21)17-11-19-15-5-1-2-6-16(15)20-17;1-5-2-3-6(8)4-7(5)9/h1-2,5-8,10-12H,3-4,9H2;2-4,8-9H,1H3. The van der Waals surface area contributed by atoms with Crippen molar-refractivity contribution in [3.63, 3.8) is 0 Å². The summed E-state index contributed by atoms with van der Waals surface area (Å²) in [7, 11) is 0. The predicted octanol–water partition coefficient (Wildman–Crippen LogP) is 4.61. The Balaban J connectivity index is 0.000000217. The first-order valence-electron chi connectivity index (χ1n) is 10.1. The lowest BCUT2D eigenvalue weighted by molar-refractivity contribution is -0.107. The molecule has 0 unspecified atom stereocenters. The van der Waals surface area contributed by atoms with Crippen LogP contribution in [0.3, 0.4) is 0 Å². The van der Waals surface area contributed by atoms with E-state index in [1.807, 2.05) is 42.6 Å². The number of anilines is 1. The average molecular weight is 413 g/mol. The Morgan fingerprint density at radius 2 is 1.81 bits per heavy atom. The van der Waals surface area contributed by atoms with Gasteiger partial charge in [0, 0.05) is 23.9 Å². The summed E-state index contributed by atoms with van der Waals surface area (Å²) >= 11 is 0. The number of carbonyl (C=O) groups is 1. The van der Waals surface area contributed by atoms with E-state index in [1.54, 1.807) is 17.9 Å². The molecule has 0 atom stereocenters. The number of aromatic hydroxyl groups is 2. The molecule has 1 aliphatic heterocycles. The van der Waals surface area contributed by atoms with Crippen LogP contribution < -0.4 is 4.90 Å². The molecular formula is C25H23N3O3. The molecule has 156 valence electrons. The molecule has 2 N–H and O–H groups in total. The van der Waals surface area contributed by atoms with Crippen LogP contribution in [0.1, 0.15) is 17.5 Å². The highest BCUT2D eigenvalue weighted by Gasteiger charge is 2.17. The molecule has 4 aromatic rings. The zero-order chi connectivity index (χ0) is 21.8. The number of para-hydroxylation sites is 2. The highest BCUT2D eigenvalue weighted by atomic mass is 16.3. The van der Waals surface area contributed by atoms with Crippen LogP contribution >= 0.6 is 0 Å². The number of carbonyl (C=O) groups excluding carboxylic acids is 1. The van der Waals surface area contributed by atoms with Crippen LogP contribution in [0.25, 0.3) is 22.3 Å². The molecule has 6 nitrogen and oxygen atoms in total. The average Bonchev–Trinajstić information content (AvgIpc) is 2.81. The third kappa shape index (κ3) is 4.48. The van der Waals surface area contributed by atoms with Gasteiger partial charge in [-0.1, -0.05) is 24.3 Å². The number of nitrogens with zero attached hydrogens (tertiary/aromatic N) is 3. The first-order valence-corrected chi connectivity index (χ1v) is 10.1. The maximum atomic E-state index is 11.1. The number of hydrogen-bond acceptors (Lipinski definition) is 5. The second kappa shape index (κ2) is 8.83. The van der Waals surface area contributed by atoms with Crippen LogP contribution in [-0.4, -0.2) is 33.1 Å². The quantitative estimate of drug-likeness (QED) is 0.469. The molecule has 5 rings (SSSR count). The van der Waals surface area contributed by atoms with Crippen LogP contribution in [0.4, 0.5) is 5.69 Å². The SMILES string of the molecule is Cc1ccc(O)cc1O.O=CN1CCCc2cc(-c3cnc4ccccc4n3)ccc21. The van der Waals surface area contributed by atoms with Gasteiger partial charge in [-0.25, -0.2) is 4.98 Å². The van der Waals surface area contributed by atoms with Gasteiger partial charge in [-0.05, 0) is 61.2 Å². The summed E-state index contributed by atoms with van der Waals surface area (Å²) in [6, 6.07) is 18.5. The summed E-state index contributed by atoms with van der Waals surface area (Å²) in [5.74, 6) is 0.230. The fourth-order valence-electron chi connectivity index (χ4n) is 3.59. The Morgan fingerprint density at radius 1 is 1.00 bits per heavy atom. The van der Waals surface area contributed by atoms with E-state index >= 15 is 0 Å². The minimum absolute atomic E-state index is 0.0955. The molecule has 1 aliphatic rings. The van der Waals surface area contributed by atoms with Crippen molar-refractivity contribution in [2.24, 2.45) is 0 Å². The van der Waals surface area contributed by atoms with E-state index in [0.717, 1.165) is 59.3 Å². The van der Waals surface area contributed by atoms with Gasteiger partial charge in [0.1, 0.15) is 11.5 Å². The highest BCUT2D eigenvalue weighted by molar-refractivity contribution is 5.81. The van der Waals surface area contributed by atoms with Crippen LogP contribution in [0, 0.1) is 6.92 Å². The normalized spacial score (nSPS) is 12.6. The summed E-state index contributed by atoms with van der Waals surface area (Å²) < 4.78 is 0. The number of hydrogen-bond donors (Lipinski definition) is 2. The summed E-state index contributed by atoms with van der Waals surface area (Å²) in [5.41, 5.74) is 6.69. The topological polar surface area (TPSA) is 86.5 Å². The molecule has 0 bridgehead atoms. The van der Waals surface area contributed by atoms with E-state index in [1.165, 1.54) is 17.7 Å². The van der Waals surface area contributed by atoms with E-state index in [4.69, 9.17) is 10.2 Å². The van der Waals surface area contributed by atoms with Crippen molar-refractivity contribution in [2.75, 3.05) is 11.4 Å². The third-order valence-electron chi connectivity index (χ3n) is 5.30. The first-order chi connectivity index (χ1) is 15.0. The maximum absolute atomic E-state index is 11.1. The number of fused-ring (bicyclic) bond motifs is 2. The van der Waals surface area contributed by atoms with E-state index < -0.39 is 0 Å². The number of aromatic nitrogens is 2. The Morgan fingerprint density at radius 3 is 2.55 bits per heavy atom. The largest absolute Gasteiger partial charge is 0.508 e. The second-order valence-corrected chi connectivity index (χ2v) is 7.46. The predicted molar refractivity (Wildman–Crippen MR) is 121 cm³/mol. The molecule has 0 fully saturated rings. The van der Waals surface area contributed by atoms with Crippen LogP contribution in [0.5, 0.6) is 11.5 Å². The van der Waals surface area contributed by atoms with Gasteiger partial charge in [0.15, 0.2) is 0 Å². The lowest BCUT2D eigenvalue weighted by Gasteiger charge is -2.26. The molecule has 1 amide bonds. The van der Waals surface area contributed by atoms with Gasteiger partial charge in [-0.2, -0.15) is 0 Å². The molecule has 0 radical (unpaired) electrons. The minimum Gasteiger partial charge on any atom is -0.508 e. The van der Waals surface area contributed by atoms with Crippen molar-refractivity contribution >= 4 is 23.1 Å². The number of benzene rings is 3. The van der Waals surface area contributed by atoms with E-state index in [9.17, 15) is 4.79 Å². The molecule has 0 saturated heterocycles. The summed E-state index contributed by atoms with van der Waals surface area (Å²) in [6.07, 6.45) is 4.71. The third-order valence-corrected chi connectivity index (χ3v) is 5.30. The van der Waals surface area contributed by atoms with E-state index in [2.05, 4.69) is 16.0 Å². The summed E-state index contributed by atoms with van der Waals surface area (Å²) in [5, 5.41) is 17.7. The van der Waals surface area contributed by atoms with Gasteiger partial charge in [-0.15, -0.1) is 0 Å². The molecule has 6 heteroatoms. The zero-order valence-electron chi connectivity index (χ0n) is 17.2. The molecule has 31 heavy (non-hydrogen) atoms. The van der Waals surface area contributed by atoms with E-state index in [0.29, 0.717) is 0 Å². The van der Waals surface area contributed by atoms with Gasteiger partial charge in [-0.3, -0.25) is 9.78 Å². The van der Waals surface area contributed by atoms with Gasteiger partial charge in [0.25, 0.3) is 0 Å². The zero-order valence-corrected chi connectivity index (χ0v) is 17.2. The lowest BCUT2D eigenvalue weighted by atomic mass is 9.98. The van der Waals surface area contributed by atoms with Crippen LogP contribution in [0.15, 0.2) is 66.9 Å². The van der Waals surface area contributed by atoms with Crippen molar-refractivity contribution in [3.05, 3.63) is 78.0 Å². The number of phenols is 2. The number of aryl methyl sites for hydroxylation is 2. The van der Waals surface area contributed by atoms with Crippen LogP contribution in [-0.2, 0) is 11.2 Å². The van der Waals surface area contributed by atoms with E-state index in [-0.39, 0.29) is 11.5 Å². The number of phenolic OH excluding ortho intramolecular Hbond substituents is 2. The first kappa shape index (κ1) is 20.3.